The van der Waals surface area contributed by atoms with Crippen molar-refractivity contribution in [1.82, 2.24) is 14.5 Å². The minimum Gasteiger partial charge on any atom is -0.480 e. The second-order valence-electron chi connectivity index (χ2n) is 6.22. The molecular weight excluding hydrogens is 330 g/mol. The molecule has 0 aromatic carbocycles. The maximum Gasteiger partial charge on any atom is 0.323 e. The highest BCUT2D eigenvalue weighted by molar-refractivity contribution is 6.28. The average Bonchev–Trinajstić information content (AvgIpc) is 2.95. The lowest BCUT2D eigenvalue weighted by molar-refractivity contribution is -0.137. The summed E-state index contributed by atoms with van der Waals surface area (Å²) in [7, 11) is 0. The first-order chi connectivity index (χ1) is 11.5. The molecular formula is C16H18ClN5O2. The van der Waals surface area contributed by atoms with Crippen LogP contribution in [0.15, 0.2) is 12.3 Å². The first kappa shape index (κ1) is 16.5. The number of anilines is 1. The largest absolute Gasteiger partial charge is 0.480 e. The summed E-state index contributed by atoms with van der Waals surface area (Å²) >= 11 is 5.98. The van der Waals surface area contributed by atoms with E-state index in [-0.39, 0.29) is 11.8 Å². The van der Waals surface area contributed by atoms with Crippen molar-refractivity contribution in [3.05, 3.63) is 17.5 Å². The molecule has 0 saturated heterocycles. The van der Waals surface area contributed by atoms with Crippen LogP contribution in [0.25, 0.3) is 11.0 Å². The van der Waals surface area contributed by atoms with Gasteiger partial charge in [0.2, 0.25) is 5.28 Å². The molecule has 1 aliphatic rings. The third-order valence-corrected chi connectivity index (χ3v) is 4.70. The maximum atomic E-state index is 11.0. The Bertz CT molecular complexity index is 805. The van der Waals surface area contributed by atoms with E-state index in [0.717, 1.165) is 32.1 Å². The van der Waals surface area contributed by atoms with Crippen LogP contribution in [0.4, 0.5) is 5.82 Å². The zero-order valence-corrected chi connectivity index (χ0v) is 13.9. The van der Waals surface area contributed by atoms with Gasteiger partial charge in [0.25, 0.3) is 0 Å². The predicted molar refractivity (Wildman–Crippen MR) is 89.8 cm³/mol. The van der Waals surface area contributed by atoms with E-state index < -0.39 is 11.4 Å². The van der Waals surface area contributed by atoms with Crippen molar-refractivity contribution in [1.29, 1.82) is 5.26 Å². The van der Waals surface area contributed by atoms with Gasteiger partial charge in [-0.05, 0) is 30.5 Å². The topological polar surface area (TPSA) is 104 Å². The zero-order valence-electron chi connectivity index (χ0n) is 13.1. The van der Waals surface area contributed by atoms with Gasteiger partial charge in [0, 0.05) is 12.7 Å². The van der Waals surface area contributed by atoms with E-state index in [9.17, 15) is 10.1 Å². The summed E-state index contributed by atoms with van der Waals surface area (Å²) < 4.78 is 1.57. The Hall–Kier alpha value is -2.33. The van der Waals surface area contributed by atoms with Crippen molar-refractivity contribution >= 4 is 34.4 Å². The number of halogens is 1. The van der Waals surface area contributed by atoms with Crippen molar-refractivity contribution in [3.63, 3.8) is 0 Å². The minimum absolute atomic E-state index is 0.0905. The predicted octanol–water partition coefficient (Wildman–Crippen LogP) is 3.06. The van der Waals surface area contributed by atoms with Gasteiger partial charge in [-0.3, -0.25) is 4.79 Å². The molecule has 1 fully saturated rings. The van der Waals surface area contributed by atoms with Crippen LogP contribution in [-0.4, -0.2) is 32.2 Å². The number of aliphatic carboxylic acids is 1. The van der Waals surface area contributed by atoms with Crippen LogP contribution in [0.3, 0.4) is 0 Å². The van der Waals surface area contributed by atoms with Crippen LogP contribution in [0.2, 0.25) is 5.28 Å². The monoisotopic (exact) mass is 347 g/mol. The van der Waals surface area contributed by atoms with E-state index in [2.05, 4.69) is 21.4 Å². The van der Waals surface area contributed by atoms with Crippen LogP contribution < -0.4 is 5.32 Å². The van der Waals surface area contributed by atoms with Crippen molar-refractivity contribution < 1.29 is 9.90 Å². The number of hydrogen-bond donors (Lipinski definition) is 2. The van der Waals surface area contributed by atoms with Gasteiger partial charge in [-0.2, -0.15) is 10.2 Å². The Morgan fingerprint density at radius 2 is 2.17 bits per heavy atom. The number of carbonyl (C=O) groups is 1. The van der Waals surface area contributed by atoms with Gasteiger partial charge < -0.3 is 15.0 Å². The van der Waals surface area contributed by atoms with Crippen LogP contribution in [0.1, 0.15) is 32.1 Å². The van der Waals surface area contributed by atoms with E-state index in [0.29, 0.717) is 23.4 Å². The van der Waals surface area contributed by atoms with E-state index in [1.165, 1.54) is 0 Å². The molecule has 8 heteroatoms. The lowest BCUT2D eigenvalue weighted by atomic mass is 9.75. The SMILES string of the molecule is N#CC1(CNc2nc(Cl)nc3ccn(CC(=O)O)c23)CCCCC1. The Morgan fingerprint density at radius 1 is 1.42 bits per heavy atom. The zero-order chi connectivity index (χ0) is 17.2. The van der Waals surface area contributed by atoms with Gasteiger partial charge in [0.05, 0.1) is 17.0 Å². The molecule has 1 saturated carbocycles. The third kappa shape index (κ3) is 3.29. The molecule has 0 amide bonds. The summed E-state index contributed by atoms with van der Waals surface area (Å²) in [6.07, 6.45) is 6.61. The van der Waals surface area contributed by atoms with E-state index in [4.69, 9.17) is 16.7 Å². The molecule has 0 radical (unpaired) electrons. The second kappa shape index (κ2) is 6.65. The number of fused-ring (bicyclic) bond motifs is 1. The molecule has 1 aliphatic carbocycles. The molecule has 0 unspecified atom stereocenters. The number of carboxylic acids is 1. The summed E-state index contributed by atoms with van der Waals surface area (Å²) in [5.41, 5.74) is 0.755. The number of hydrogen-bond acceptors (Lipinski definition) is 5. The van der Waals surface area contributed by atoms with Gasteiger partial charge in [-0.25, -0.2) is 4.98 Å². The molecule has 0 bridgehead atoms. The van der Waals surface area contributed by atoms with E-state index in [1.54, 1.807) is 16.8 Å². The number of carboxylic acid groups (broad SMARTS) is 1. The first-order valence-corrected chi connectivity index (χ1v) is 8.30. The number of aromatic nitrogens is 3. The standard InChI is InChI=1S/C16H18ClN5O2/c17-15-20-11-4-7-22(8-12(23)24)13(11)14(21-15)19-10-16(9-18)5-2-1-3-6-16/h4,7H,1-3,5-6,8,10H2,(H,23,24)(H,19,20,21). The lowest BCUT2D eigenvalue weighted by Crippen LogP contribution is -2.31. The van der Waals surface area contributed by atoms with Gasteiger partial charge in [-0.1, -0.05) is 19.3 Å². The molecule has 24 heavy (non-hydrogen) atoms. The maximum absolute atomic E-state index is 11.0. The number of rotatable bonds is 5. The fourth-order valence-corrected chi connectivity index (χ4v) is 3.46. The molecule has 0 atom stereocenters. The fourth-order valence-electron chi connectivity index (χ4n) is 3.29. The number of nitrogens with zero attached hydrogens (tertiary/aromatic N) is 4. The van der Waals surface area contributed by atoms with E-state index in [1.807, 2.05) is 0 Å². The summed E-state index contributed by atoms with van der Waals surface area (Å²) in [5.74, 6) is -0.481. The van der Waals surface area contributed by atoms with E-state index >= 15 is 0 Å². The minimum atomic E-state index is -0.950. The van der Waals surface area contributed by atoms with Crippen molar-refractivity contribution in [2.45, 2.75) is 38.6 Å². The van der Waals surface area contributed by atoms with Crippen molar-refractivity contribution in [2.75, 3.05) is 11.9 Å². The molecule has 0 aliphatic heterocycles. The van der Waals surface area contributed by atoms with Gasteiger partial charge in [0.15, 0.2) is 5.82 Å². The Morgan fingerprint density at radius 3 is 2.83 bits per heavy atom. The molecule has 2 heterocycles. The van der Waals surface area contributed by atoms with Crippen molar-refractivity contribution in [3.8, 4) is 6.07 Å². The highest BCUT2D eigenvalue weighted by atomic mass is 35.5. The second-order valence-corrected chi connectivity index (χ2v) is 6.56. The Balaban J connectivity index is 1.91. The molecule has 0 spiro atoms. The fraction of sp³-hybridized carbons (Fsp3) is 0.500. The quantitative estimate of drug-likeness (QED) is 0.805. The van der Waals surface area contributed by atoms with Crippen LogP contribution in [0.5, 0.6) is 0 Å². The first-order valence-electron chi connectivity index (χ1n) is 7.92. The summed E-state index contributed by atoms with van der Waals surface area (Å²) in [5, 5.41) is 21.9. The van der Waals surface area contributed by atoms with Crippen LogP contribution >= 0.6 is 11.6 Å². The van der Waals surface area contributed by atoms with Crippen LogP contribution in [0, 0.1) is 16.7 Å². The molecule has 3 rings (SSSR count). The number of nitriles is 1. The normalized spacial score (nSPS) is 16.7. The molecule has 2 aromatic heterocycles. The smallest absolute Gasteiger partial charge is 0.323 e. The molecule has 126 valence electrons. The van der Waals surface area contributed by atoms with Gasteiger partial charge in [-0.15, -0.1) is 0 Å². The van der Waals surface area contributed by atoms with Gasteiger partial charge >= 0.3 is 5.97 Å². The molecule has 2 aromatic rings. The summed E-state index contributed by atoms with van der Waals surface area (Å²) in [4.78, 5) is 19.4. The Labute approximate surface area is 144 Å². The average molecular weight is 348 g/mol. The number of nitrogens with one attached hydrogen (secondary N) is 1. The third-order valence-electron chi connectivity index (χ3n) is 4.53. The van der Waals surface area contributed by atoms with Gasteiger partial charge in [0.1, 0.15) is 12.1 Å². The molecule has 2 N–H and O–H groups in total. The summed E-state index contributed by atoms with van der Waals surface area (Å²) in [6, 6.07) is 4.16. The Kier molecular flexibility index (Phi) is 4.58. The summed E-state index contributed by atoms with van der Waals surface area (Å²) in [6.45, 7) is 0.275. The highest BCUT2D eigenvalue weighted by Gasteiger charge is 2.32. The highest BCUT2D eigenvalue weighted by Crippen LogP contribution is 2.36. The molecule has 7 nitrogen and oxygen atoms in total. The van der Waals surface area contributed by atoms with Crippen molar-refractivity contribution in [2.24, 2.45) is 5.41 Å². The lowest BCUT2D eigenvalue weighted by Gasteiger charge is -2.30. The van der Waals surface area contributed by atoms with Crippen LogP contribution in [-0.2, 0) is 11.3 Å².